The first-order chi connectivity index (χ1) is 11.1. The molecule has 0 unspecified atom stereocenters. The molecule has 23 heavy (non-hydrogen) atoms. The molecular formula is C18H15N3O2. The molecule has 0 saturated carbocycles. The zero-order chi connectivity index (χ0) is 16.2. The van der Waals surface area contributed by atoms with E-state index < -0.39 is 0 Å². The average Bonchev–Trinajstić information content (AvgIpc) is 2.54. The maximum absolute atomic E-state index is 12.4. The summed E-state index contributed by atoms with van der Waals surface area (Å²) in [5.41, 5.74) is 5.27. The maximum Gasteiger partial charge on any atom is 0.272 e. The summed E-state index contributed by atoms with van der Waals surface area (Å²) < 4.78 is 0. The van der Waals surface area contributed by atoms with Crippen LogP contribution in [0.25, 0.3) is 10.9 Å². The Kier molecular flexibility index (Phi) is 4.01. The standard InChI is InChI=1S/C18H15N3O2/c1-12-9-16(15-7-2-3-8-17(15)20-12)18(23)21-19-11-13-5-4-6-14(22)10-13/h2-11,22H,1H3,(H,21,23). The molecule has 5 nitrogen and oxygen atoms in total. The highest BCUT2D eigenvalue weighted by Crippen LogP contribution is 2.18. The normalized spacial score (nSPS) is 11.0. The van der Waals surface area contributed by atoms with Crippen LogP contribution < -0.4 is 5.43 Å². The van der Waals surface area contributed by atoms with Crippen molar-refractivity contribution in [2.24, 2.45) is 5.10 Å². The number of hydrogen-bond donors (Lipinski definition) is 2. The summed E-state index contributed by atoms with van der Waals surface area (Å²) in [7, 11) is 0. The Morgan fingerprint density at radius 2 is 2.00 bits per heavy atom. The van der Waals surface area contributed by atoms with E-state index in [9.17, 15) is 9.90 Å². The van der Waals surface area contributed by atoms with Crippen LogP contribution in [0.1, 0.15) is 21.6 Å². The van der Waals surface area contributed by atoms with Crippen LogP contribution in [0.2, 0.25) is 0 Å². The van der Waals surface area contributed by atoms with Gasteiger partial charge in [-0.1, -0.05) is 30.3 Å². The lowest BCUT2D eigenvalue weighted by atomic mass is 10.1. The van der Waals surface area contributed by atoms with Crippen LogP contribution in [0, 0.1) is 6.92 Å². The van der Waals surface area contributed by atoms with Gasteiger partial charge in [-0.3, -0.25) is 9.78 Å². The van der Waals surface area contributed by atoms with Crippen molar-refractivity contribution < 1.29 is 9.90 Å². The van der Waals surface area contributed by atoms with Crippen molar-refractivity contribution in [3.05, 3.63) is 71.4 Å². The summed E-state index contributed by atoms with van der Waals surface area (Å²) in [6.45, 7) is 1.85. The largest absolute Gasteiger partial charge is 0.508 e. The van der Waals surface area contributed by atoms with Gasteiger partial charge in [0.05, 0.1) is 17.3 Å². The molecule has 5 heteroatoms. The molecule has 0 radical (unpaired) electrons. The number of rotatable bonds is 3. The highest BCUT2D eigenvalue weighted by atomic mass is 16.3. The van der Waals surface area contributed by atoms with Crippen molar-refractivity contribution in [3.63, 3.8) is 0 Å². The fourth-order valence-corrected chi connectivity index (χ4v) is 2.33. The van der Waals surface area contributed by atoms with Crippen molar-refractivity contribution in [1.29, 1.82) is 0 Å². The first-order valence-corrected chi connectivity index (χ1v) is 7.12. The van der Waals surface area contributed by atoms with Gasteiger partial charge in [0.2, 0.25) is 0 Å². The van der Waals surface area contributed by atoms with Crippen LogP contribution in [0.5, 0.6) is 5.75 Å². The predicted octanol–water partition coefficient (Wildman–Crippen LogP) is 3.01. The number of amides is 1. The molecule has 0 aliphatic rings. The lowest BCUT2D eigenvalue weighted by Gasteiger charge is -2.06. The van der Waals surface area contributed by atoms with Gasteiger partial charge in [0, 0.05) is 11.1 Å². The van der Waals surface area contributed by atoms with Gasteiger partial charge >= 0.3 is 0 Å². The van der Waals surface area contributed by atoms with Crippen LogP contribution in [-0.2, 0) is 0 Å². The number of nitrogens with zero attached hydrogens (tertiary/aromatic N) is 2. The number of hydrogen-bond acceptors (Lipinski definition) is 4. The molecule has 3 rings (SSSR count). The zero-order valence-electron chi connectivity index (χ0n) is 12.5. The zero-order valence-corrected chi connectivity index (χ0v) is 12.5. The summed E-state index contributed by atoms with van der Waals surface area (Å²) in [5.74, 6) is -0.154. The van der Waals surface area contributed by atoms with E-state index in [-0.39, 0.29) is 11.7 Å². The summed E-state index contributed by atoms with van der Waals surface area (Å²) in [5, 5.41) is 14.1. The van der Waals surface area contributed by atoms with E-state index in [1.165, 1.54) is 6.21 Å². The first-order valence-electron chi connectivity index (χ1n) is 7.12. The number of nitrogens with one attached hydrogen (secondary N) is 1. The van der Waals surface area contributed by atoms with Crippen LogP contribution in [0.4, 0.5) is 0 Å². The Morgan fingerprint density at radius 3 is 2.83 bits per heavy atom. The fourth-order valence-electron chi connectivity index (χ4n) is 2.33. The third kappa shape index (κ3) is 3.35. The highest BCUT2D eigenvalue weighted by molar-refractivity contribution is 6.06. The SMILES string of the molecule is Cc1cc(C(=O)NN=Cc2cccc(O)c2)c2ccccc2n1. The van der Waals surface area contributed by atoms with E-state index in [2.05, 4.69) is 15.5 Å². The smallest absolute Gasteiger partial charge is 0.272 e. The van der Waals surface area contributed by atoms with Crippen LogP contribution >= 0.6 is 0 Å². The number of phenols is 1. The Labute approximate surface area is 133 Å². The second-order valence-corrected chi connectivity index (χ2v) is 5.12. The van der Waals surface area contributed by atoms with Gasteiger partial charge in [-0.25, -0.2) is 5.43 Å². The monoisotopic (exact) mass is 305 g/mol. The molecule has 1 amide bonds. The van der Waals surface area contributed by atoms with E-state index in [4.69, 9.17) is 0 Å². The Morgan fingerprint density at radius 1 is 1.17 bits per heavy atom. The third-order valence-electron chi connectivity index (χ3n) is 3.34. The maximum atomic E-state index is 12.4. The summed E-state index contributed by atoms with van der Waals surface area (Å²) >= 11 is 0. The molecule has 0 aliphatic carbocycles. The highest BCUT2D eigenvalue weighted by Gasteiger charge is 2.10. The van der Waals surface area contributed by atoms with Gasteiger partial charge in [-0.05, 0) is 36.8 Å². The van der Waals surface area contributed by atoms with Crippen molar-refractivity contribution in [2.75, 3.05) is 0 Å². The molecular weight excluding hydrogens is 290 g/mol. The van der Waals surface area contributed by atoms with E-state index >= 15 is 0 Å². The van der Waals surface area contributed by atoms with Gasteiger partial charge < -0.3 is 5.11 Å². The minimum atomic E-state index is -0.303. The van der Waals surface area contributed by atoms with Gasteiger partial charge in [-0.2, -0.15) is 5.10 Å². The van der Waals surface area contributed by atoms with Gasteiger partial charge in [0.25, 0.3) is 5.91 Å². The quantitative estimate of drug-likeness (QED) is 0.577. The van der Waals surface area contributed by atoms with E-state index in [1.807, 2.05) is 31.2 Å². The number of aryl methyl sites for hydroxylation is 1. The molecule has 114 valence electrons. The van der Waals surface area contributed by atoms with Crippen LogP contribution in [-0.4, -0.2) is 22.2 Å². The minimum Gasteiger partial charge on any atom is -0.508 e. The number of aromatic nitrogens is 1. The average molecular weight is 305 g/mol. The predicted molar refractivity (Wildman–Crippen MR) is 89.6 cm³/mol. The van der Waals surface area contributed by atoms with Crippen molar-refractivity contribution >= 4 is 23.0 Å². The second-order valence-electron chi connectivity index (χ2n) is 5.12. The molecule has 0 atom stereocenters. The number of fused-ring (bicyclic) bond motifs is 1. The fraction of sp³-hybridized carbons (Fsp3) is 0.0556. The first kappa shape index (κ1) is 14.7. The number of carbonyl (C=O) groups is 1. The number of carbonyl (C=O) groups excluding carboxylic acids is 1. The van der Waals surface area contributed by atoms with Crippen LogP contribution in [0.15, 0.2) is 59.7 Å². The Bertz CT molecular complexity index is 904. The summed E-state index contributed by atoms with van der Waals surface area (Å²) in [4.78, 5) is 16.8. The summed E-state index contributed by atoms with van der Waals surface area (Å²) in [6, 6.07) is 15.8. The second kappa shape index (κ2) is 6.27. The van der Waals surface area contributed by atoms with Crippen molar-refractivity contribution in [2.45, 2.75) is 6.92 Å². The number of benzene rings is 2. The van der Waals surface area contributed by atoms with Crippen molar-refractivity contribution in [1.82, 2.24) is 10.4 Å². The Hall–Kier alpha value is -3.21. The third-order valence-corrected chi connectivity index (χ3v) is 3.34. The number of phenolic OH excluding ortho intramolecular Hbond substituents is 1. The lowest BCUT2D eigenvalue weighted by molar-refractivity contribution is 0.0956. The molecule has 0 spiro atoms. The molecule has 0 bridgehead atoms. The topological polar surface area (TPSA) is 74.6 Å². The molecule has 2 aromatic carbocycles. The molecule has 1 aromatic heterocycles. The van der Waals surface area contributed by atoms with E-state index in [1.54, 1.807) is 30.3 Å². The number of pyridine rings is 1. The minimum absolute atomic E-state index is 0.149. The van der Waals surface area contributed by atoms with Crippen LogP contribution in [0.3, 0.4) is 0 Å². The molecule has 2 N–H and O–H groups in total. The molecule has 3 aromatic rings. The van der Waals surface area contributed by atoms with E-state index in [0.29, 0.717) is 11.1 Å². The van der Waals surface area contributed by atoms with E-state index in [0.717, 1.165) is 16.6 Å². The number of aromatic hydroxyl groups is 1. The van der Waals surface area contributed by atoms with Gasteiger partial charge in [-0.15, -0.1) is 0 Å². The Balaban J connectivity index is 1.84. The number of para-hydroxylation sites is 1. The van der Waals surface area contributed by atoms with Gasteiger partial charge in [0.15, 0.2) is 0 Å². The number of hydrazone groups is 1. The van der Waals surface area contributed by atoms with Gasteiger partial charge in [0.1, 0.15) is 5.75 Å². The van der Waals surface area contributed by atoms with Crippen molar-refractivity contribution in [3.8, 4) is 5.75 Å². The summed E-state index contributed by atoms with van der Waals surface area (Å²) in [6.07, 6.45) is 1.48. The lowest BCUT2D eigenvalue weighted by Crippen LogP contribution is -2.18. The molecule has 1 heterocycles. The molecule has 0 fully saturated rings. The molecule has 0 aliphatic heterocycles. The molecule has 0 saturated heterocycles.